The SMILES string of the molecule is COC(=O)c1sccc1NC(=O)c1cc(S(=O)(=O)N2CCOCC2)ccc1OC. The minimum atomic E-state index is -3.78. The topological polar surface area (TPSA) is 111 Å². The monoisotopic (exact) mass is 440 g/mol. The number of carbonyl (C=O) groups is 2. The third-order valence-electron chi connectivity index (χ3n) is 4.31. The smallest absolute Gasteiger partial charge is 0.350 e. The molecule has 1 amide bonds. The number of anilines is 1. The first-order chi connectivity index (χ1) is 13.9. The molecule has 1 N–H and O–H groups in total. The van der Waals surface area contributed by atoms with E-state index in [0.29, 0.717) is 13.2 Å². The molecule has 1 aliphatic heterocycles. The zero-order chi connectivity index (χ0) is 21.0. The second kappa shape index (κ2) is 8.91. The van der Waals surface area contributed by atoms with E-state index in [1.54, 1.807) is 11.4 Å². The fourth-order valence-corrected chi connectivity index (χ4v) is 5.01. The number of esters is 1. The second-order valence-electron chi connectivity index (χ2n) is 5.99. The summed E-state index contributed by atoms with van der Waals surface area (Å²) in [5.41, 5.74) is 0.305. The number of nitrogens with zero attached hydrogens (tertiary/aromatic N) is 1. The van der Waals surface area contributed by atoms with E-state index in [9.17, 15) is 18.0 Å². The van der Waals surface area contributed by atoms with Gasteiger partial charge in [0.2, 0.25) is 10.0 Å². The van der Waals surface area contributed by atoms with Crippen LogP contribution >= 0.6 is 11.3 Å². The Morgan fingerprint density at radius 3 is 2.55 bits per heavy atom. The lowest BCUT2D eigenvalue weighted by Gasteiger charge is -2.26. The van der Waals surface area contributed by atoms with Crippen molar-refractivity contribution >= 4 is 38.9 Å². The molecular formula is C18H20N2O7S2. The van der Waals surface area contributed by atoms with Crippen molar-refractivity contribution in [2.45, 2.75) is 4.90 Å². The molecule has 1 aliphatic rings. The van der Waals surface area contributed by atoms with E-state index in [1.807, 2.05) is 0 Å². The molecule has 1 saturated heterocycles. The molecule has 0 unspecified atom stereocenters. The van der Waals surface area contributed by atoms with E-state index in [-0.39, 0.29) is 39.9 Å². The molecule has 0 aliphatic carbocycles. The quantitative estimate of drug-likeness (QED) is 0.682. The summed E-state index contributed by atoms with van der Waals surface area (Å²) < 4.78 is 42.2. The van der Waals surface area contributed by atoms with Crippen molar-refractivity contribution in [3.8, 4) is 5.75 Å². The number of nitrogens with one attached hydrogen (secondary N) is 1. The van der Waals surface area contributed by atoms with Crippen molar-refractivity contribution in [1.82, 2.24) is 4.31 Å². The Morgan fingerprint density at radius 1 is 1.17 bits per heavy atom. The molecule has 156 valence electrons. The molecular weight excluding hydrogens is 420 g/mol. The normalized spacial score (nSPS) is 15.0. The molecule has 3 rings (SSSR count). The number of hydrogen-bond donors (Lipinski definition) is 1. The van der Waals surface area contributed by atoms with Gasteiger partial charge in [-0.05, 0) is 29.6 Å². The standard InChI is InChI=1S/C18H20N2O7S2/c1-25-15-4-3-12(29(23,24)20-6-8-27-9-7-20)11-13(15)17(21)19-14-5-10-28-16(14)18(22)26-2/h3-5,10-11H,6-9H2,1-2H3,(H,19,21). The van der Waals surface area contributed by atoms with Crippen LogP contribution in [-0.2, 0) is 19.5 Å². The van der Waals surface area contributed by atoms with Crippen LogP contribution in [0.1, 0.15) is 20.0 Å². The number of thiophene rings is 1. The molecule has 11 heteroatoms. The molecule has 2 heterocycles. The second-order valence-corrected chi connectivity index (χ2v) is 8.84. The Bertz CT molecular complexity index is 1010. The molecule has 1 aromatic heterocycles. The third-order valence-corrected chi connectivity index (χ3v) is 7.10. The summed E-state index contributed by atoms with van der Waals surface area (Å²) in [5, 5.41) is 4.25. The summed E-state index contributed by atoms with van der Waals surface area (Å²) in [4.78, 5) is 24.9. The molecule has 9 nitrogen and oxygen atoms in total. The highest BCUT2D eigenvalue weighted by Crippen LogP contribution is 2.28. The maximum absolute atomic E-state index is 12.9. The fourth-order valence-electron chi connectivity index (χ4n) is 2.81. The van der Waals surface area contributed by atoms with Gasteiger partial charge in [-0.15, -0.1) is 11.3 Å². The number of amides is 1. The van der Waals surface area contributed by atoms with Gasteiger partial charge in [-0.3, -0.25) is 4.79 Å². The average molecular weight is 440 g/mol. The maximum atomic E-state index is 12.9. The van der Waals surface area contributed by atoms with Crippen molar-refractivity contribution < 1.29 is 32.2 Å². The van der Waals surface area contributed by atoms with Crippen LogP contribution in [0.15, 0.2) is 34.5 Å². The third kappa shape index (κ3) is 4.42. The van der Waals surface area contributed by atoms with Crippen LogP contribution in [0, 0.1) is 0 Å². The van der Waals surface area contributed by atoms with Crippen molar-refractivity contribution in [2.24, 2.45) is 0 Å². The van der Waals surface area contributed by atoms with Crippen molar-refractivity contribution in [2.75, 3.05) is 45.8 Å². The van der Waals surface area contributed by atoms with Crippen LogP contribution in [-0.4, -0.2) is 65.1 Å². The number of rotatable bonds is 6. The lowest BCUT2D eigenvalue weighted by atomic mass is 10.2. The Morgan fingerprint density at radius 2 is 1.90 bits per heavy atom. The first-order valence-corrected chi connectivity index (χ1v) is 10.9. The largest absolute Gasteiger partial charge is 0.496 e. The molecule has 0 spiro atoms. The Labute approximate surface area is 172 Å². The van der Waals surface area contributed by atoms with Crippen LogP contribution in [0.3, 0.4) is 0 Å². The summed E-state index contributed by atoms with van der Waals surface area (Å²) in [6.45, 7) is 1.12. The van der Waals surface area contributed by atoms with Gasteiger partial charge in [0.1, 0.15) is 10.6 Å². The van der Waals surface area contributed by atoms with Gasteiger partial charge in [0.15, 0.2) is 0 Å². The van der Waals surface area contributed by atoms with Crippen molar-refractivity contribution in [3.63, 3.8) is 0 Å². The van der Waals surface area contributed by atoms with E-state index in [0.717, 1.165) is 11.3 Å². The number of carbonyl (C=O) groups excluding carboxylic acids is 2. The molecule has 0 bridgehead atoms. The summed E-state index contributed by atoms with van der Waals surface area (Å²) in [6.07, 6.45) is 0. The summed E-state index contributed by atoms with van der Waals surface area (Å²) in [7, 11) is -1.16. The van der Waals surface area contributed by atoms with Crippen molar-refractivity contribution in [1.29, 1.82) is 0 Å². The molecule has 0 radical (unpaired) electrons. The van der Waals surface area contributed by atoms with Crippen molar-refractivity contribution in [3.05, 3.63) is 40.1 Å². The maximum Gasteiger partial charge on any atom is 0.350 e. The van der Waals surface area contributed by atoms with E-state index < -0.39 is 21.9 Å². The first-order valence-electron chi connectivity index (χ1n) is 8.61. The molecule has 1 aromatic carbocycles. The molecule has 0 saturated carbocycles. The summed E-state index contributed by atoms with van der Waals surface area (Å²) in [5.74, 6) is -0.978. The zero-order valence-electron chi connectivity index (χ0n) is 15.8. The minimum Gasteiger partial charge on any atom is -0.496 e. The number of hydrogen-bond acceptors (Lipinski definition) is 8. The first kappa shape index (κ1) is 21.2. The molecule has 2 aromatic rings. The minimum absolute atomic E-state index is 0.0242. The average Bonchev–Trinajstić information content (AvgIpc) is 3.21. The van der Waals surface area contributed by atoms with Gasteiger partial charge in [-0.25, -0.2) is 13.2 Å². The van der Waals surface area contributed by atoms with Gasteiger partial charge < -0.3 is 19.5 Å². The predicted octanol–water partition coefficient (Wildman–Crippen LogP) is 1.82. The van der Waals surface area contributed by atoms with Crippen LogP contribution in [0.2, 0.25) is 0 Å². The summed E-state index contributed by atoms with van der Waals surface area (Å²) in [6, 6.07) is 5.65. The van der Waals surface area contributed by atoms with Crippen LogP contribution in [0.4, 0.5) is 5.69 Å². The van der Waals surface area contributed by atoms with E-state index in [4.69, 9.17) is 14.2 Å². The lowest BCUT2D eigenvalue weighted by molar-refractivity contribution is 0.0607. The number of benzene rings is 1. The Kier molecular flexibility index (Phi) is 6.52. The predicted molar refractivity (Wildman–Crippen MR) is 106 cm³/mol. The highest BCUT2D eigenvalue weighted by atomic mass is 32.2. The van der Waals surface area contributed by atoms with E-state index >= 15 is 0 Å². The van der Waals surface area contributed by atoms with Crippen LogP contribution in [0.25, 0.3) is 0 Å². The number of methoxy groups -OCH3 is 2. The number of ether oxygens (including phenoxy) is 3. The fraction of sp³-hybridized carbons (Fsp3) is 0.333. The molecule has 1 fully saturated rings. The van der Waals surface area contributed by atoms with Gasteiger partial charge in [0.05, 0.1) is 43.6 Å². The van der Waals surface area contributed by atoms with Gasteiger partial charge >= 0.3 is 5.97 Å². The lowest BCUT2D eigenvalue weighted by Crippen LogP contribution is -2.40. The number of morpholine rings is 1. The zero-order valence-corrected chi connectivity index (χ0v) is 17.5. The van der Waals surface area contributed by atoms with Crippen LogP contribution < -0.4 is 10.1 Å². The van der Waals surface area contributed by atoms with Gasteiger partial charge in [0.25, 0.3) is 5.91 Å². The van der Waals surface area contributed by atoms with Crippen LogP contribution in [0.5, 0.6) is 5.75 Å². The summed E-state index contributed by atoms with van der Waals surface area (Å²) >= 11 is 1.12. The van der Waals surface area contributed by atoms with Gasteiger partial charge in [0, 0.05) is 13.1 Å². The van der Waals surface area contributed by atoms with Gasteiger partial charge in [-0.1, -0.05) is 0 Å². The number of sulfonamides is 1. The molecule has 29 heavy (non-hydrogen) atoms. The Hall–Kier alpha value is -2.47. The van der Waals surface area contributed by atoms with E-state index in [2.05, 4.69) is 5.32 Å². The van der Waals surface area contributed by atoms with Gasteiger partial charge in [-0.2, -0.15) is 4.31 Å². The molecule has 0 atom stereocenters. The highest BCUT2D eigenvalue weighted by Gasteiger charge is 2.28. The highest BCUT2D eigenvalue weighted by molar-refractivity contribution is 7.89. The van der Waals surface area contributed by atoms with E-state index in [1.165, 1.54) is 36.7 Å². The Balaban J connectivity index is 1.92.